The quantitative estimate of drug-likeness (QED) is 0.257. The van der Waals surface area contributed by atoms with Crippen LogP contribution in [0.1, 0.15) is 75.2 Å². The van der Waals surface area contributed by atoms with E-state index in [0.717, 1.165) is 0 Å². The third kappa shape index (κ3) is 8.17. The molecule has 12 nitrogen and oxygen atoms in total. The standard InChI is InChI=1S/C28H48N6O6/c1-14(2)18-15(3)13-34(25(39)21(27(4,5)6)32-26(40)33-28(7,8)9)19(18)24(38)31-17(20(35)22(29)36)12-16-10-11-30-23(16)37/h14-19,21H,10-13H2,1-9H3,(H2,29,36)(H,30,37)(H,31,38)(H2,32,33,40)/t15-,16-,17-,18-,19-,21+/m0/s1. The van der Waals surface area contributed by atoms with Gasteiger partial charge in [-0.05, 0) is 56.8 Å². The third-order valence-corrected chi connectivity index (χ3v) is 7.60. The second kappa shape index (κ2) is 12.6. The van der Waals surface area contributed by atoms with E-state index in [1.54, 1.807) is 0 Å². The number of carbonyl (C=O) groups is 6. The van der Waals surface area contributed by atoms with Gasteiger partial charge in [0, 0.05) is 24.5 Å². The Morgan fingerprint density at radius 1 is 1.05 bits per heavy atom. The van der Waals surface area contributed by atoms with E-state index in [9.17, 15) is 28.8 Å². The van der Waals surface area contributed by atoms with Crippen LogP contribution in [0.25, 0.3) is 0 Å². The molecule has 6 amide bonds. The van der Waals surface area contributed by atoms with Gasteiger partial charge in [0.05, 0.1) is 6.04 Å². The summed E-state index contributed by atoms with van der Waals surface area (Å²) < 4.78 is 0. The van der Waals surface area contributed by atoms with Crippen molar-refractivity contribution in [1.29, 1.82) is 0 Å². The lowest BCUT2D eigenvalue weighted by Crippen LogP contribution is -2.62. The van der Waals surface area contributed by atoms with Gasteiger partial charge in [0.1, 0.15) is 12.1 Å². The number of Topliss-reactive ketones (excluding diaryl/α,β-unsaturated/α-hetero) is 1. The van der Waals surface area contributed by atoms with Crippen molar-refractivity contribution in [2.24, 2.45) is 34.8 Å². The predicted octanol–water partition coefficient (Wildman–Crippen LogP) is 0.683. The molecule has 0 unspecified atom stereocenters. The molecule has 0 aromatic rings. The monoisotopic (exact) mass is 564 g/mol. The van der Waals surface area contributed by atoms with E-state index >= 15 is 0 Å². The van der Waals surface area contributed by atoms with Crippen molar-refractivity contribution < 1.29 is 28.8 Å². The van der Waals surface area contributed by atoms with Crippen LogP contribution in [0.4, 0.5) is 4.79 Å². The highest BCUT2D eigenvalue weighted by Crippen LogP contribution is 2.37. The first-order valence-corrected chi connectivity index (χ1v) is 14.1. The minimum Gasteiger partial charge on any atom is -0.363 e. The van der Waals surface area contributed by atoms with Gasteiger partial charge in [0.25, 0.3) is 5.91 Å². The molecule has 0 radical (unpaired) electrons. The van der Waals surface area contributed by atoms with Crippen molar-refractivity contribution in [2.75, 3.05) is 13.1 Å². The summed E-state index contributed by atoms with van der Waals surface area (Å²) >= 11 is 0. The lowest BCUT2D eigenvalue weighted by molar-refractivity contribution is -0.144. The van der Waals surface area contributed by atoms with E-state index in [2.05, 4.69) is 21.3 Å². The maximum absolute atomic E-state index is 14.1. The number of nitrogens with two attached hydrogens (primary N) is 1. The van der Waals surface area contributed by atoms with Crippen LogP contribution in [0.5, 0.6) is 0 Å². The zero-order valence-electron chi connectivity index (χ0n) is 25.3. The molecule has 40 heavy (non-hydrogen) atoms. The van der Waals surface area contributed by atoms with Gasteiger partial charge in [-0.15, -0.1) is 0 Å². The average Bonchev–Trinajstić information content (AvgIpc) is 3.36. The Morgan fingerprint density at radius 2 is 1.65 bits per heavy atom. The molecule has 6 atom stereocenters. The summed E-state index contributed by atoms with van der Waals surface area (Å²) in [4.78, 5) is 78.9. The highest BCUT2D eigenvalue weighted by molar-refractivity contribution is 6.38. The molecule has 2 fully saturated rings. The van der Waals surface area contributed by atoms with Crippen LogP contribution in [-0.4, -0.2) is 77.1 Å². The van der Waals surface area contributed by atoms with Gasteiger partial charge in [-0.2, -0.15) is 0 Å². The SMILES string of the molecule is CC(C)[C@@H]1[C@@H](C(=O)N[C@@H](C[C@@H]2CCNC2=O)C(=O)C(N)=O)N(C(=O)[C@@H](NC(=O)NC(C)(C)C)C(C)(C)C)C[C@@H]1C. The molecule has 2 aliphatic heterocycles. The average molecular weight is 565 g/mol. The number of nitrogens with zero attached hydrogens (tertiary/aromatic N) is 1. The molecule has 0 saturated carbocycles. The van der Waals surface area contributed by atoms with Crippen LogP contribution in [-0.2, 0) is 24.0 Å². The molecule has 0 aliphatic carbocycles. The Morgan fingerprint density at radius 3 is 2.10 bits per heavy atom. The Kier molecular flexibility index (Phi) is 10.4. The van der Waals surface area contributed by atoms with Gasteiger partial charge in [-0.3, -0.25) is 24.0 Å². The minimum absolute atomic E-state index is 0.000290. The first-order chi connectivity index (χ1) is 18.2. The number of primary amides is 1. The lowest BCUT2D eigenvalue weighted by Gasteiger charge is -2.37. The highest BCUT2D eigenvalue weighted by Gasteiger charge is 2.50. The van der Waals surface area contributed by atoms with Gasteiger partial charge in [-0.25, -0.2) is 4.79 Å². The number of hydrogen-bond donors (Lipinski definition) is 5. The van der Waals surface area contributed by atoms with E-state index < -0.39 is 64.5 Å². The van der Waals surface area contributed by atoms with Crippen molar-refractivity contribution in [3.8, 4) is 0 Å². The van der Waals surface area contributed by atoms with Crippen molar-refractivity contribution in [1.82, 2.24) is 26.2 Å². The number of urea groups is 1. The van der Waals surface area contributed by atoms with Gasteiger partial charge in [0.2, 0.25) is 23.5 Å². The van der Waals surface area contributed by atoms with Crippen molar-refractivity contribution in [2.45, 2.75) is 98.8 Å². The smallest absolute Gasteiger partial charge is 0.315 e. The Bertz CT molecular complexity index is 1010. The molecule has 2 rings (SSSR count). The van der Waals surface area contributed by atoms with E-state index in [-0.39, 0.29) is 36.6 Å². The number of nitrogens with one attached hydrogen (secondary N) is 4. The number of ketones is 1. The molecular formula is C28H48N6O6. The summed E-state index contributed by atoms with van der Waals surface area (Å²) in [5, 5.41) is 11.0. The Hall–Kier alpha value is -3.18. The predicted molar refractivity (Wildman–Crippen MR) is 150 cm³/mol. The van der Waals surface area contributed by atoms with Crippen LogP contribution in [0.3, 0.4) is 0 Å². The van der Waals surface area contributed by atoms with Crippen LogP contribution >= 0.6 is 0 Å². The van der Waals surface area contributed by atoms with Gasteiger partial charge < -0.3 is 31.9 Å². The zero-order valence-corrected chi connectivity index (χ0v) is 25.3. The van der Waals surface area contributed by atoms with Gasteiger partial charge in [-0.1, -0.05) is 41.5 Å². The molecular weight excluding hydrogens is 516 g/mol. The fourth-order valence-corrected chi connectivity index (χ4v) is 5.77. The van der Waals surface area contributed by atoms with E-state index in [0.29, 0.717) is 13.0 Å². The molecule has 12 heteroatoms. The second-order valence-corrected chi connectivity index (χ2v) is 13.7. The van der Waals surface area contributed by atoms with Crippen LogP contribution in [0.15, 0.2) is 0 Å². The summed E-state index contributed by atoms with van der Waals surface area (Å²) in [7, 11) is 0. The molecule has 6 N–H and O–H groups in total. The first-order valence-electron chi connectivity index (χ1n) is 14.1. The molecule has 0 spiro atoms. The summed E-state index contributed by atoms with van der Waals surface area (Å²) in [6, 6.07) is -3.71. The summed E-state index contributed by atoms with van der Waals surface area (Å²) in [5.74, 6) is -4.34. The van der Waals surface area contributed by atoms with E-state index in [4.69, 9.17) is 5.73 Å². The van der Waals surface area contributed by atoms with Crippen molar-refractivity contribution in [3.63, 3.8) is 0 Å². The van der Waals surface area contributed by atoms with Crippen LogP contribution in [0, 0.1) is 29.1 Å². The highest BCUT2D eigenvalue weighted by atomic mass is 16.2. The van der Waals surface area contributed by atoms with E-state index in [1.807, 2.05) is 62.3 Å². The second-order valence-electron chi connectivity index (χ2n) is 13.7. The normalized spacial score (nSPS) is 24.8. The molecule has 226 valence electrons. The zero-order chi connectivity index (χ0) is 30.7. The molecule has 2 saturated heterocycles. The Labute approximate surface area is 237 Å². The summed E-state index contributed by atoms with van der Waals surface area (Å²) in [6.45, 7) is 17.6. The number of rotatable bonds is 9. The van der Waals surface area contributed by atoms with E-state index in [1.165, 1.54) is 4.90 Å². The third-order valence-electron chi connectivity index (χ3n) is 7.60. The molecule has 2 heterocycles. The molecule has 0 bridgehead atoms. The van der Waals surface area contributed by atoms with Crippen molar-refractivity contribution in [3.05, 3.63) is 0 Å². The number of amides is 6. The fraction of sp³-hybridized carbons (Fsp3) is 0.786. The first kappa shape index (κ1) is 33.0. The molecule has 2 aliphatic rings. The van der Waals surface area contributed by atoms with Crippen LogP contribution < -0.4 is 27.0 Å². The number of carbonyl (C=O) groups excluding carboxylic acids is 6. The molecule has 0 aromatic carbocycles. The summed E-state index contributed by atoms with van der Waals surface area (Å²) in [5.41, 5.74) is 4.06. The maximum atomic E-state index is 14.1. The van der Waals surface area contributed by atoms with Gasteiger partial charge in [0.15, 0.2) is 0 Å². The van der Waals surface area contributed by atoms with Crippen molar-refractivity contribution >= 4 is 35.4 Å². The van der Waals surface area contributed by atoms with Gasteiger partial charge >= 0.3 is 6.03 Å². The number of likely N-dealkylation sites (tertiary alicyclic amines) is 1. The maximum Gasteiger partial charge on any atom is 0.315 e. The molecule has 0 aromatic heterocycles. The minimum atomic E-state index is -1.30. The fourth-order valence-electron chi connectivity index (χ4n) is 5.77. The topological polar surface area (TPSA) is 180 Å². The summed E-state index contributed by atoms with van der Waals surface area (Å²) in [6.07, 6.45) is 0.396. The van der Waals surface area contributed by atoms with Crippen LogP contribution in [0.2, 0.25) is 0 Å². The largest absolute Gasteiger partial charge is 0.363 e. The Balaban J connectivity index is 2.41. The lowest BCUT2D eigenvalue weighted by atomic mass is 9.81. The number of hydrogen-bond acceptors (Lipinski definition) is 6.